The lowest BCUT2D eigenvalue weighted by atomic mass is 9.95. The van der Waals surface area contributed by atoms with E-state index in [9.17, 15) is 30.4 Å². The second-order valence-electron chi connectivity index (χ2n) is 10.7. The summed E-state index contributed by atoms with van der Waals surface area (Å²) >= 11 is 0. The van der Waals surface area contributed by atoms with Crippen molar-refractivity contribution in [3.63, 3.8) is 0 Å². The van der Waals surface area contributed by atoms with Crippen LogP contribution in [0.3, 0.4) is 0 Å². The predicted molar refractivity (Wildman–Crippen MR) is 130 cm³/mol. The molecule has 202 valence electrons. The van der Waals surface area contributed by atoms with Crippen molar-refractivity contribution in [2.45, 2.75) is 70.5 Å². The van der Waals surface area contributed by atoms with Crippen molar-refractivity contribution in [1.82, 2.24) is 9.29 Å². The molecule has 37 heavy (non-hydrogen) atoms. The molecule has 4 nitrogen and oxygen atoms in total. The van der Waals surface area contributed by atoms with Crippen molar-refractivity contribution in [1.29, 1.82) is 0 Å². The molecule has 2 aromatic carbocycles. The first-order valence-electron chi connectivity index (χ1n) is 11.9. The van der Waals surface area contributed by atoms with Crippen LogP contribution in [0.25, 0.3) is 22.0 Å². The molecule has 11 heteroatoms. The number of fused-ring (bicyclic) bond motifs is 1. The standard InChI is InChI=1S/C26H28F6N2O2S/c1-25(2,3)14-34-13-19(22(24(28)29)33-37(35,36)15-7-6-8-15)18-12-11-17(21(27)23(18)34)16-9-4-5-10-20(16)26(30,31)32/h4-5,9-13,15,22,24,33H,6-8,14H2,1-3H3/t22-/m0/s1. The van der Waals surface area contributed by atoms with Gasteiger partial charge in [-0.3, -0.25) is 0 Å². The van der Waals surface area contributed by atoms with Crippen LogP contribution in [0.4, 0.5) is 26.3 Å². The van der Waals surface area contributed by atoms with Crippen molar-refractivity contribution in [2.75, 3.05) is 0 Å². The lowest BCUT2D eigenvalue weighted by Gasteiger charge is -2.28. The molecule has 4 rings (SSSR count). The van der Waals surface area contributed by atoms with Crippen LogP contribution >= 0.6 is 0 Å². The zero-order chi connectivity index (χ0) is 27.3. The van der Waals surface area contributed by atoms with Crippen LogP contribution in [0.15, 0.2) is 42.6 Å². The molecule has 1 heterocycles. The highest BCUT2D eigenvalue weighted by Gasteiger charge is 2.38. The number of rotatable bonds is 7. The zero-order valence-electron chi connectivity index (χ0n) is 20.5. The fourth-order valence-electron chi connectivity index (χ4n) is 4.64. The van der Waals surface area contributed by atoms with Crippen molar-refractivity contribution < 1.29 is 34.8 Å². The van der Waals surface area contributed by atoms with E-state index in [1.165, 1.54) is 29.0 Å². The van der Waals surface area contributed by atoms with Gasteiger partial charge in [-0.1, -0.05) is 57.5 Å². The summed E-state index contributed by atoms with van der Waals surface area (Å²) in [6.07, 6.45) is -5.18. The summed E-state index contributed by atoms with van der Waals surface area (Å²) in [4.78, 5) is 0. The number of hydrogen-bond donors (Lipinski definition) is 1. The van der Waals surface area contributed by atoms with Gasteiger partial charge in [0.1, 0.15) is 6.04 Å². The van der Waals surface area contributed by atoms with Gasteiger partial charge in [-0.25, -0.2) is 26.3 Å². The van der Waals surface area contributed by atoms with E-state index in [1.807, 2.05) is 20.8 Å². The molecule has 0 saturated heterocycles. The molecule has 1 aliphatic carbocycles. The summed E-state index contributed by atoms with van der Waals surface area (Å²) in [5.74, 6) is -1.00. The van der Waals surface area contributed by atoms with Crippen LogP contribution in [0.1, 0.15) is 57.2 Å². The van der Waals surface area contributed by atoms with Gasteiger partial charge in [0.25, 0.3) is 6.43 Å². The third-order valence-electron chi connectivity index (χ3n) is 6.55. The molecule has 0 bridgehead atoms. The Morgan fingerprint density at radius 1 is 1.03 bits per heavy atom. The van der Waals surface area contributed by atoms with Gasteiger partial charge in [0.05, 0.1) is 16.3 Å². The van der Waals surface area contributed by atoms with Gasteiger partial charge in [0.15, 0.2) is 5.82 Å². The number of halogens is 6. The average Bonchev–Trinajstić information content (AvgIpc) is 3.07. The highest BCUT2D eigenvalue weighted by atomic mass is 32.2. The molecule has 3 aromatic rings. The van der Waals surface area contributed by atoms with E-state index in [0.717, 1.165) is 18.2 Å². The van der Waals surface area contributed by atoms with Crippen molar-refractivity contribution in [3.8, 4) is 11.1 Å². The molecule has 0 aliphatic heterocycles. The summed E-state index contributed by atoms with van der Waals surface area (Å²) in [7, 11) is -4.05. The number of nitrogens with zero attached hydrogens (tertiary/aromatic N) is 1. The van der Waals surface area contributed by atoms with Gasteiger partial charge in [-0.2, -0.15) is 13.2 Å². The van der Waals surface area contributed by atoms with Gasteiger partial charge in [0, 0.05) is 29.3 Å². The topological polar surface area (TPSA) is 51.1 Å². The summed E-state index contributed by atoms with van der Waals surface area (Å²) in [5.41, 5.74) is -2.48. The maximum Gasteiger partial charge on any atom is 0.417 e. The first-order valence-corrected chi connectivity index (χ1v) is 13.4. The molecule has 1 saturated carbocycles. The van der Waals surface area contributed by atoms with Crippen LogP contribution in [-0.2, 0) is 22.7 Å². The minimum Gasteiger partial charge on any atom is -0.344 e. The largest absolute Gasteiger partial charge is 0.417 e. The third kappa shape index (κ3) is 5.52. The normalized spacial score (nSPS) is 16.4. The Morgan fingerprint density at radius 2 is 1.68 bits per heavy atom. The Kier molecular flexibility index (Phi) is 7.17. The van der Waals surface area contributed by atoms with Gasteiger partial charge < -0.3 is 4.57 Å². The van der Waals surface area contributed by atoms with E-state index in [-0.39, 0.29) is 34.1 Å². The van der Waals surface area contributed by atoms with E-state index in [0.29, 0.717) is 19.3 Å². The number of aromatic nitrogens is 1. The zero-order valence-corrected chi connectivity index (χ0v) is 21.4. The molecular weight excluding hydrogens is 518 g/mol. The molecule has 1 atom stereocenters. The third-order valence-corrected chi connectivity index (χ3v) is 8.48. The van der Waals surface area contributed by atoms with E-state index in [2.05, 4.69) is 4.72 Å². The molecule has 1 aromatic heterocycles. The summed E-state index contributed by atoms with van der Waals surface area (Å²) in [5, 5.41) is -0.754. The minimum atomic E-state index is -4.74. The van der Waals surface area contributed by atoms with E-state index in [1.54, 1.807) is 0 Å². The molecule has 0 spiro atoms. The van der Waals surface area contributed by atoms with Crippen molar-refractivity contribution >= 4 is 20.9 Å². The van der Waals surface area contributed by atoms with Crippen LogP contribution in [-0.4, -0.2) is 24.7 Å². The maximum absolute atomic E-state index is 16.1. The lowest BCUT2D eigenvalue weighted by molar-refractivity contribution is -0.137. The Bertz CT molecular complexity index is 1400. The van der Waals surface area contributed by atoms with Crippen LogP contribution in [0, 0.1) is 11.2 Å². The van der Waals surface area contributed by atoms with Gasteiger partial charge in [0.2, 0.25) is 10.0 Å². The number of benzene rings is 2. The number of hydrogen-bond acceptors (Lipinski definition) is 2. The Morgan fingerprint density at radius 3 is 2.22 bits per heavy atom. The predicted octanol–water partition coefficient (Wildman–Crippen LogP) is 7.29. The fourth-order valence-corrected chi connectivity index (χ4v) is 6.37. The fraction of sp³-hybridized carbons (Fsp3) is 0.462. The quantitative estimate of drug-likeness (QED) is 0.317. The van der Waals surface area contributed by atoms with E-state index in [4.69, 9.17) is 0 Å². The van der Waals surface area contributed by atoms with Gasteiger partial charge in [-0.15, -0.1) is 0 Å². The Hall–Kier alpha value is -2.53. The number of alkyl halides is 5. The Labute approximate surface area is 211 Å². The second kappa shape index (κ2) is 9.65. The summed E-state index contributed by atoms with van der Waals surface area (Å²) in [6, 6.07) is 5.02. The van der Waals surface area contributed by atoms with E-state index < -0.39 is 50.7 Å². The summed E-state index contributed by atoms with van der Waals surface area (Å²) < 4.78 is 114. The molecule has 1 aliphatic rings. The number of nitrogens with one attached hydrogen (secondary N) is 1. The molecule has 0 unspecified atom stereocenters. The van der Waals surface area contributed by atoms with Crippen molar-refractivity contribution in [2.24, 2.45) is 5.41 Å². The molecule has 0 radical (unpaired) electrons. The molecule has 1 fully saturated rings. The highest BCUT2D eigenvalue weighted by Crippen LogP contribution is 2.42. The molecular formula is C26H28F6N2O2S. The summed E-state index contributed by atoms with van der Waals surface area (Å²) in [6.45, 7) is 5.66. The van der Waals surface area contributed by atoms with Crippen LogP contribution in [0.5, 0.6) is 0 Å². The number of sulfonamides is 1. The van der Waals surface area contributed by atoms with Gasteiger partial charge in [-0.05, 0) is 29.9 Å². The first kappa shape index (κ1) is 27.5. The molecule has 0 amide bonds. The molecule has 1 N–H and O–H groups in total. The minimum absolute atomic E-state index is 0.0107. The lowest BCUT2D eigenvalue weighted by Crippen LogP contribution is -2.42. The monoisotopic (exact) mass is 546 g/mol. The van der Waals surface area contributed by atoms with Crippen LogP contribution < -0.4 is 4.72 Å². The average molecular weight is 547 g/mol. The van der Waals surface area contributed by atoms with Gasteiger partial charge >= 0.3 is 6.18 Å². The van der Waals surface area contributed by atoms with Crippen molar-refractivity contribution in [3.05, 3.63) is 59.5 Å². The highest BCUT2D eigenvalue weighted by molar-refractivity contribution is 7.90. The Balaban J connectivity index is 1.93. The van der Waals surface area contributed by atoms with E-state index >= 15 is 4.39 Å². The first-order chi connectivity index (χ1) is 17.1. The SMILES string of the molecule is CC(C)(C)Cn1cc([C@H](NS(=O)(=O)C2CCC2)C(F)F)c2ccc(-c3ccccc3C(F)(F)F)c(F)c21. The maximum atomic E-state index is 16.1. The smallest absolute Gasteiger partial charge is 0.344 e. The van der Waals surface area contributed by atoms with Crippen LogP contribution in [0.2, 0.25) is 0 Å². The second-order valence-corrected chi connectivity index (χ2v) is 12.7.